The quantitative estimate of drug-likeness (QED) is 0.324. The molecule has 0 radical (unpaired) electrons. The summed E-state index contributed by atoms with van der Waals surface area (Å²) in [5.74, 6) is 1.42. The summed E-state index contributed by atoms with van der Waals surface area (Å²) in [6.07, 6.45) is 0. The van der Waals surface area contributed by atoms with Crippen molar-refractivity contribution in [2.75, 3.05) is 0 Å². The van der Waals surface area contributed by atoms with E-state index in [9.17, 15) is 0 Å². The van der Waals surface area contributed by atoms with Crippen molar-refractivity contribution in [3.63, 3.8) is 0 Å². The Hall–Kier alpha value is 7.57. The maximum atomic E-state index is 2.08. The molecule has 11 heteroatoms. The topological polar surface area (TPSA) is 0 Å². The number of hydrogen-bond acceptors (Lipinski definition) is 0. The number of rotatable bonds is 0. The molecule has 0 atom stereocenters. The Bertz CT molecular complexity index is 17.3. The Balaban J connectivity index is -0.000000000818. The van der Waals surface area contributed by atoms with E-state index in [4.69, 9.17) is 0 Å². The molecule has 0 aliphatic heterocycles. The van der Waals surface area contributed by atoms with Crippen LogP contribution in [0.1, 0.15) is 20.8 Å². The maximum absolute atomic E-state index is 2.08. The average molecular weight is 2080 g/mol. The zero-order valence-electron chi connectivity index (χ0n) is 7.99. The number of hydrogen-bond donors (Lipinski definition) is 0. The molecule has 0 saturated heterocycles. The van der Waals surface area contributed by atoms with Gasteiger partial charge in [0.2, 0.25) is 0 Å². The summed E-state index contributed by atoms with van der Waals surface area (Å²) < 4.78 is 0. The molecule has 0 aliphatic rings. The van der Waals surface area contributed by atoms with E-state index < -0.39 is 0 Å². The van der Waals surface area contributed by atoms with Crippen molar-refractivity contribution in [1.82, 2.24) is 0 Å². The molecule has 92 valence electrons. The summed E-state index contributed by atoms with van der Waals surface area (Å²) in [7, 11) is 0. The molecule has 0 heterocycles. The molecule has 0 unspecified atom stereocenters. The Morgan fingerprint density at radius 1 is 0.333 bits per heavy atom. The van der Waals surface area contributed by atoms with E-state index in [-0.39, 0.29) is 232 Å². The normalized spacial score (nSPS) is 2.40. The Morgan fingerprint density at radius 3 is 0.333 bits per heavy atom. The van der Waals surface area contributed by atoms with Gasteiger partial charge in [0.25, 0.3) is 0 Å². The van der Waals surface area contributed by atoms with Gasteiger partial charge in [0.05, 0.1) is 0 Å². The van der Waals surface area contributed by atoms with Gasteiger partial charge in [0.15, 0.2) is 0 Å². The van der Waals surface area contributed by atoms with Crippen LogP contribution in [0.25, 0.3) is 0 Å². The zero-order chi connectivity index (χ0) is 3.58. The third-order valence-corrected chi connectivity index (χ3v) is 0. The third kappa shape index (κ3) is 144. The first-order valence-electron chi connectivity index (χ1n) is 1.50. The molecule has 0 fully saturated rings. The first-order chi connectivity index (χ1) is 1.73. The maximum Gasteiger partial charge on any atom is 0 e. The summed E-state index contributed by atoms with van der Waals surface area (Å²) in [5, 5.41) is 0. The van der Waals surface area contributed by atoms with Gasteiger partial charge in [-0.05, 0) is 0 Å². The van der Waals surface area contributed by atoms with Crippen LogP contribution in [-0.4, -0.2) is 0 Å². The van der Waals surface area contributed by atoms with E-state index >= 15 is 0 Å². The van der Waals surface area contributed by atoms with Gasteiger partial charge >= 0.3 is 0 Å². The van der Waals surface area contributed by atoms with E-state index in [0.717, 1.165) is 0 Å². The first kappa shape index (κ1) is 94.0. The van der Waals surface area contributed by atoms with Crippen LogP contribution in [0, 0.1) is 5.92 Å². The molecule has 0 bridgehead atoms. The van der Waals surface area contributed by atoms with Crippen LogP contribution >= 0.6 is 0 Å². The van der Waals surface area contributed by atoms with E-state index in [0.29, 0.717) is 0 Å². The fourth-order valence-corrected chi connectivity index (χ4v) is 0. The van der Waals surface area contributed by atoms with Crippen molar-refractivity contribution in [2.45, 2.75) is 20.8 Å². The minimum atomic E-state index is 0. The third-order valence-electron chi connectivity index (χ3n) is 0. The molecule has 0 amide bonds. The Labute approximate surface area is 252 Å². The van der Waals surface area contributed by atoms with Gasteiger partial charge in [-0.25, -0.2) is 0 Å². The van der Waals surface area contributed by atoms with Crippen LogP contribution in [0.3, 0.4) is 0 Å². The van der Waals surface area contributed by atoms with Gasteiger partial charge in [-0.15, -0.1) is 0 Å². The van der Waals surface area contributed by atoms with Crippen molar-refractivity contribution in [3.05, 3.63) is 5.92 Å². The fraction of sp³-hybridized carbons (Fsp3) is 0.750. The minimum Gasteiger partial charge on any atom is -0.323 e. The molecular weight excluding hydrogens is 2070 g/mol. The zero-order valence-corrected chi connectivity index (χ0v) is 40.3. The van der Waals surface area contributed by atoms with Gasteiger partial charge in [0, 0.05) is 232 Å². The minimum absolute atomic E-state index is 0. The average Bonchev–Trinajstić information content (AvgIpc) is 0.811. The van der Waals surface area contributed by atoms with Gasteiger partial charge in [-0.1, -0.05) is 0 Å². The first-order valence-corrected chi connectivity index (χ1v) is 1.50. The van der Waals surface area contributed by atoms with Crippen LogP contribution in [0.4, 0.5) is 0 Å². The van der Waals surface area contributed by atoms with Crippen molar-refractivity contribution in [1.29, 1.82) is 0 Å². The SMILES string of the molecule is C[C-](C)C.[W].[W].[W].[W].[W].[W].[W].[W].[W].[W].[W]. The standard InChI is InChI=1S/C4H9.11W/c1-4(2)3;;;;;;;;;;;/h1-3H3;;;;;;;;;;;/q-1;;;;;;;;;;;. The predicted octanol–water partition coefficient (Wildman–Crippen LogP) is 1.59. The van der Waals surface area contributed by atoms with Crippen molar-refractivity contribution in [3.8, 4) is 0 Å². The molecule has 0 spiro atoms. The smallest absolute Gasteiger partial charge is 0 e. The van der Waals surface area contributed by atoms with Crippen molar-refractivity contribution >= 4 is 0 Å². The van der Waals surface area contributed by atoms with Crippen molar-refractivity contribution < 1.29 is 232 Å². The monoisotopic (exact) mass is 2080 g/mol. The Kier molecular flexibility index (Phi) is 512. The van der Waals surface area contributed by atoms with Gasteiger partial charge in [-0.3, -0.25) is 0 Å². The molecule has 0 aromatic heterocycles. The fourth-order valence-electron chi connectivity index (χ4n) is 0. The summed E-state index contributed by atoms with van der Waals surface area (Å²) in [6.45, 7) is 6.25. The molecule has 0 aliphatic carbocycles. The molecular formula is C4H9W11-. The van der Waals surface area contributed by atoms with E-state index in [1.165, 1.54) is 5.92 Å². The van der Waals surface area contributed by atoms with Gasteiger partial charge in [0.1, 0.15) is 0 Å². The molecule has 0 saturated carbocycles. The summed E-state index contributed by atoms with van der Waals surface area (Å²) >= 11 is 0. The van der Waals surface area contributed by atoms with Crippen LogP contribution in [0.2, 0.25) is 0 Å². The molecule has 0 nitrogen and oxygen atoms in total. The van der Waals surface area contributed by atoms with Crippen LogP contribution in [0.5, 0.6) is 0 Å². The van der Waals surface area contributed by atoms with Gasteiger partial charge in [-0.2, -0.15) is 20.8 Å². The second kappa shape index (κ2) is 81.7. The second-order valence-electron chi connectivity index (χ2n) is 1.50. The van der Waals surface area contributed by atoms with Gasteiger partial charge < -0.3 is 5.92 Å². The predicted molar refractivity (Wildman–Crippen MR) is 20.3 cm³/mol. The summed E-state index contributed by atoms with van der Waals surface area (Å²) in [6, 6.07) is 0. The Morgan fingerprint density at radius 2 is 0.333 bits per heavy atom. The van der Waals surface area contributed by atoms with Crippen molar-refractivity contribution in [2.24, 2.45) is 0 Å². The molecule has 0 rings (SSSR count). The van der Waals surface area contributed by atoms with E-state index in [2.05, 4.69) is 20.8 Å². The summed E-state index contributed by atoms with van der Waals surface area (Å²) in [4.78, 5) is 0. The van der Waals surface area contributed by atoms with Crippen LogP contribution in [-0.2, 0) is 232 Å². The van der Waals surface area contributed by atoms with Crippen LogP contribution in [0.15, 0.2) is 0 Å². The second-order valence-corrected chi connectivity index (χ2v) is 1.50. The largest absolute Gasteiger partial charge is 0.323 e. The summed E-state index contributed by atoms with van der Waals surface area (Å²) in [5.41, 5.74) is 0. The molecule has 0 N–H and O–H groups in total. The van der Waals surface area contributed by atoms with Crippen LogP contribution < -0.4 is 0 Å². The molecule has 15 heavy (non-hydrogen) atoms. The molecule has 0 aromatic carbocycles. The molecule has 0 aromatic rings. The van der Waals surface area contributed by atoms with E-state index in [1.807, 2.05) is 0 Å². The van der Waals surface area contributed by atoms with E-state index in [1.54, 1.807) is 0 Å².